The number of allylic oxidation sites excluding steroid dienone is 1. The van der Waals surface area contributed by atoms with E-state index in [9.17, 15) is 13.6 Å². The van der Waals surface area contributed by atoms with Crippen LogP contribution in [0.1, 0.15) is 12.7 Å². The molecular weight excluding hydrogens is 410 g/mol. The molecule has 0 aliphatic heterocycles. The molecule has 30 heavy (non-hydrogen) atoms. The molecule has 0 saturated heterocycles. The molecule has 2 aromatic carbocycles. The first-order valence-electron chi connectivity index (χ1n) is 9.12. The number of hydrogen-bond acceptors (Lipinski definition) is 5. The molecule has 0 aliphatic rings. The molecule has 0 aliphatic carbocycles. The molecule has 1 atom stereocenters. The minimum atomic E-state index is -0.572. The van der Waals surface area contributed by atoms with Gasteiger partial charge >= 0.3 is 0 Å². The lowest BCUT2D eigenvalue weighted by Gasteiger charge is -2.13. The minimum absolute atomic E-state index is 0.00185. The predicted molar refractivity (Wildman–Crippen MR) is 111 cm³/mol. The topological polar surface area (TPSA) is 69.0 Å². The van der Waals surface area contributed by atoms with Gasteiger partial charge in [-0.25, -0.2) is 8.78 Å². The number of ether oxygens (including phenoxy) is 1. The Balaban J connectivity index is 1.69. The van der Waals surface area contributed by atoms with E-state index in [2.05, 4.69) is 22.1 Å². The van der Waals surface area contributed by atoms with Crippen LogP contribution in [0.4, 0.5) is 14.5 Å². The van der Waals surface area contributed by atoms with Crippen LogP contribution in [0, 0.1) is 11.6 Å². The lowest BCUT2D eigenvalue weighted by Crippen LogP contribution is -2.23. The molecular formula is C21H20F2N4O2S. The molecule has 1 aromatic heterocycles. The molecule has 156 valence electrons. The quantitative estimate of drug-likeness (QED) is 0.402. The standard InChI is InChI=1S/C21H20F2N4O2S/c1-3-12-27-19(13-29-18-11-7-5-9-16(18)23)25-26-21(27)30-14(2)20(28)24-17-10-6-4-8-15(17)22/h3-11,14H,1,12-13H2,2H3,(H,24,28). The molecule has 6 nitrogen and oxygen atoms in total. The zero-order valence-electron chi connectivity index (χ0n) is 16.2. The number of anilines is 1. The van der Waals surface area contributed by atoms with E-state index in [1.165, 1.54) is 36.0 Å². The first-order chi connectivity index (χ1) is 14.5. The number of benzene rings is 2. The maximum atomic E-state index is 13.8. The fourth-order valence-electron chi connectivity index (χ4n) is 2.54. The van der Waals surface area contributed by atoms with Crippen molar-refractivity contribution in [3.63, 3.8) is 0 Å². The van der Waals surface area contributed by atoms with Crippen LogP contribution in [0.5, 0.6) is 5.75 Å². The van der Waals surface area contributed by atoms with E-state index in [1.807, 2.05) is 0 Å². The molecule has 1 N–H and O–H groups in total. The molecule has 3 aromatic rings. The Labute approximate surface area is 177 Å². The molecule has 0 bridgehead atoms. The fraction of sp³-hybridized carbons (Fsp3) is 0.190. The molecule has 1 heterocycles. The molecule has 0 radical (unpaired) electrons. The van der Waals surface area contributed by atoms with Gasteiger partial charge in [-0.05, 0) is 31.2 Å². The van der Waals surface area contributed by atoms with Crippen molar-refractivity contribution < 1.29 is 18.3 Å². The highest BCUT2D eigenvalue weighted by molar-refractivity contribution is 8.00. The summed E-state index contributed by atoms with van der Waals surface area (Å²) in [7, 11) is 0. The van der Waals surface area contributed by atoms with E-state index >= 15 is 0 Å². The molecule has 9 heteroatoms. The number of nitrogens with zero attached hydrogens (tertiary/aromatic N) is 3. The van der Waals surface area contributed by atoms with Gasteiger partial charge in [-0.1, -0.05) is 42.1 Å². The summed E-state index contributed by atoms with van der Waals surface area (Å²) in [6.07, 6.45) is 1.66. The third-order valence-electron chi connectivity index (χ3n) is 4.08. The van der Waals surface area contributed by atoms with Crippen molar-refractivity contribution in [3.8, 4) is 5.75 Å². The Morgan fingerprint density at radius 2 is 1.90 bits per heavy atom. The number of hydrogen-bond donors (Lipinski definition) is 1. The predicted octanol–water partition coefficient (Wildman–Crippen LogP) is 4.44. The zero-order chi connectivity index (χ0) is 21.5. The summed E-state index contributed by atoms with van der Waals surface area (Å²) >= 11 is 1.17. The van der Waals surface area contributed by atoms with Crippen LogP contribution < -0.4 is 10.1 Å². The Morgan fingerprint density at radius 3 is 2.60 bits per heavy atom. The number of nitrogens with one attached hydrogen (secondary N) is 1. The van der Waals surface area contributed by atoms with Crippen molar-refractivity contribution in [2.24, 2.45) is 0 Å². The number of para-hydroxylation sites is 2. The second-order valence-electron chi connectivity index (χ2n) is 6.25. The lowest BCUT2D eigenvalue weighted by molar-refractivity contribution is -0.115. The average Bonchev–Trinajstić information content (AvgIpc) is 3.10. The summed E-state index contributed by atoms with van der Waals surface area (Å²) < 4.78 is 34.7. The molecule has 0 saturated carbocycles. The number of carbonyl (C=O) groups excluding carboxylic acids is 1. The van der Waals surface area contributed by atoms with Gasteiger partial charge < -0.3 is 10.1 Å². The molecule has 3 rings (SSSR count). The SMILES string of the molecule is C=CCn1c(COc2ccccc2F)nnc1SC(C)C(=O)Nc1ccccc1F. The molecule has 0 spiro atoms. The first kappa shape index (κ1) is 21.5. The van der Waals surface area contributed by atoms with Gasteiger partial charge in [0.1, 0.15) is 12.4 Å². The highest BCUT2D eigenvalue weighted by Gasteiger charge is 2.21. The van der Waals surface area contributed by atoms with Crippen molar-refractivity contribution in [1.82, 2.24) is 14.8 Å². The monoisotopic (exact) mass is 430 g/mol. The number of carbonyl (C=O) groups is 1. The van der Waals surface area contributed by atoms with E-state index in [1.54, 1.807) is 41.8 Å². The van der Waals surface area contributed by atoms with E-state index in [-0.39, 0.29) is 24.0 Å². The summed E-state index contributed by atoms with van der Waals surface area (Å²) in [6.45, 7) is 5.79. The van der Waals surface area contributed by atoms with Crippen molar-refractivity contribution in [3.05, 3.63) is 78.6 Å². The van der Waals surface area contributed by atoms with Crippen molar-refractivity contribution in [1.29, 1.82) is 0 Å². The van der Waals surface area contributed by atoms with E-state index in [0.717, 1.165) is 0 Å². The van der Waals surface area contributed by atoms with Crippen molar-refractivity contribution in [2.45, 2.75) is 30.5 Å². The highest BCUT2D eigenvalue weighted by atomic mass is 32.2. The summed E-state index contributed by atoms with van der Waals surface area (Å²) in [6, 6.07) is 12.0. The van der Waals surface area contributed by atoms with Gasteiger partial charge in [0.25, 0.3) is 0 Å². The third kappa shape index (κ3) is 5.24. The van der Waals surface area contributed by atoms with Gasteiger partial charge in [0, 0.05) is 6.54 Å². The third-order valence-corrected chi connectivity index (χ3v) is 5.16. The molecule has 1 unspecified atom stereocenters. The smallest absolute Gasteiger partial charge is 0.237 e. The lowest BCUT2D eigenvalue weighted by atomic mass is 10.3. The number of amides is 1. The Bertz CT molecular complexity index is 1040. The van der Waals surface area contributed by atoms with Crippen LogP contribution in [-0.2, 0) is 17.9 Å². The normalized spacial score (nSPS) is 11.7. The van der Waals surface area contributed by atoms with Gasteiger partial charge in [0.05, 0.1) is 10.9 Å². The van der Waals surface area contributed by atoms with Gasteiger partial charge in [-0.15, -0.1) is 16.8 Å². The van der Waals surface area contributed by atoms with Crippen LogP contribution >= 0.6 is 11.8 Å². The van der Waals surface area contributed by atoms with E-state index in [0.29, 0.717) is 17.5 Å². The summed E-state index contributed by atoms with van der Waals surface area (Å²) in [5.41, 5.74) is 0.112. The molecule has 1 amide bonds. The summed E-state index contributed by atoms with van der Waals surface area (Å²) in [5, 5.41) is 10.7. The molecule has 0 fully saturated rings. The highest BCUT2D eigenvalue weighted by Crippen LogP contribution is 2.25. The number of rotatable bonds is 9. The van der Waals surface area contributed by atoms with Gasteiger partial charge in [0.15, 0.2) is 22.5 Å². The van der Waals surface area contributed by atoms with Crippen LogP contribution in [-0.4, -0.2) is 25.9 Å². The average molecular weight is 430 g/mol. The maximum absolute atomic E-state index is 13.8. The summed E-state index contributed by atoms with van der Waals surface area (Å²) in [4.78, 5) is 12.5. The van der Waals surface area contributed by atoms with Gasteiger partial charge in [-0.3, -0.25) is 9.36 Å². The first-order valence-corrected chi connectivity index (χ1v) is 10.00. The second kappa shape index (κ2) is 10.0. The fourth-order valence-corrected chi connectivity index (χ4v) is 3.42. The number of halogens is 2. The largest absolute Gasteiger partial charge is 0.483 e. The summed E-state index contributed by atoms with van der Waals surface area (Å²) in [5.74, 6) is -0.784. The number of aromatic nitrogens is 3. The van der Waals surface area contributed by atoms with E-state index < -0.39 is 16.9 Å². The second-order valence-corrected chi connectivity index (χ2v) is 7.55. The van der Waals surface area contributed by atoms with Crippen LogP contribution in [0.3, 0.4) is 0 Å². The Hall–Kier alpha value is -3.20. The Kier molecular flexibility index (Phi) is 7.18. The minimum Gasteiger partial charge on any atom is -0.483 e. The van der Waals surface area contributed by atoms with Gasteiger partial charge in [0.2, 0.25) is 5.91 Å². The van der Waals surface area contributed by atoms with E-state index in [4.69, 9.17) is 4.74 Å². The van der Waals surface area contributed by atoms with Crippen LogP contribution in [0.15, 0.2) is 66.3 Å². The Morgan fingerprint density at radius 1 is 1.20 bits per heavy atom. The van der Waals surface area contributed by atoms with Crippen LogP contribution in [0.25, 0.3) is 0 Å². The zero-order valence-corrected chi connectivity index (χ0v) is 17.0. The van der Waals surface area contributed by atoms with Crippen LogP contribution in [0.2, 0.25) is 0 Å². The van der Waals surface area contributed by atoms with Gasteiger partial charge in [-0.2, -0.15) is 0 Å². The number of thioether (sulfide) groups is 1. The van der Waals surface area contributed by atoms with Crippen molar-refractivity contribution in [2.75, 3.05) is 5.32 Å². The maximum Gasteiger partial charge on any atom is 0.237 e. The van der Waals surface area contributed by atoms with Crippen molar-refractivity contribution >= 4 is 23.4 Å².